The molecule has 0 bridgehead atoms. The molecule has 2 rings (SSSR count). The number of ether oxygens (including phenoxy) is 3. The molecule has 29 heavy (non-hydrogen) atoms. The van der Waals surface area contributed by atoms with Gasteiger partial charge < -0.3 is 24.4 Å². The predicted octanol–water partition coefficient (Wildman–Crippen LogP) is 1.64. The second kappa shape index (κ2) is 10.7. The van der Waals surface area contributed by atoms with Crippen LogP contribution in [0.3, 0.4) is 0 Å². The van der Waals surface area contributed by atoms with Gasteiger partial charge in [-0.2, -0.15) is 0 Å². The van der Waals surface area contributed by atoms with Gasteiger partial charge in [-0.25, -0.2) is 0 Å². The number of nitrogens with zero attached hydrogens (tertiary/aromatic N) is 1. The van der Waals surface area contributed by atoms with Crippen molar-refractivity contribution in [2.45, 2.75) is 6.54 Å². The highest BCUT2D eigenvalue weighted by Crippen LogP contribution is 2.18. The Labute approximate surface area is 169 Å². The van der Waals surface area contributed by atoms with E-state index in [9.17, 15) is 14.4 Å². The van der Waals surface area contributed by atoms with Crippen LogP contribution >= 0.6 is 0 Å². The maximum Gasteiger partial charge on any atom is 0.325 e. The molecule has 2 amide bonds. The lowest BCUT2D eigenvalue weighted by Crippen LogP contribution is -2.34. The van der Waals surface area contributed by atoms with Crippen LogP contribution in [0.2, 0.25) is 0 Å². The van der Waals surface area contributed by atoms with Gasteiger partial charge in [-0.1, -0.05) is 24.3 Å². The standard InChI is InChI=1S/C21H24N2O6/c1-23(13-16-7-4-5-10-18(16)28-3)19(24)14-29-20(25)12-22-21(26)15-8-6-9-17(11-15)27-2/h4-11H,12-14H2,1-3H3,(H,22,26). The zero-order chi connectivity index (χ0) is 21.2. The maximum absolute atomic E-state index is 12.2. The zero-order valence-corrected chi connectivity index (χ0v) is 16.6. The lowest BCUT2D eigenvalue weighted by molar-refractivity contribution is -0.150. The highest BCUT2D eigenvalue weighted by Gasteiger charge is 2.15. The molecule has 1 N–H and O–H groups in total. The Morgan fingerprint density at radius 2 is 1.76 bits per heavy atom. The summed E-state index contributed by atoms with van der Waals surface area (Å²) < 4.78 is 15.3. The number of carbonyl (C=O) groups is 3. The van der Waals surface area contributed by atoms with Crippen LogP contribution in [-0.2, 0) is 20.9 Å². The van der Waals surface area contributed by atoms with Crippen LogP contribution in [0.5, 0.6) is 11.5 Å². The summed E-state index contributed by atoms with van der Waals surface area (Å²) in [6, 6.07) is 13.9. The van der Waals surface area contributed by atoms with Gasteiger partial charge in [-0.05, 0) is 24.3 Å². The molecule has 0 unspecified atom stereocenters. The number of carbonyl (C=O) groups excluding carboxylic acids is 3. The van der Waals surface area contributed by atoms with Gasteiger partial charge in [-0.3, -0.25) is 14.4 Å². The van der Waals surface area contributed by atoms with Gasteiger partial charge >= 0.3 is 5.97 Å². The predicted molar refractivity (Wildman–Crippen MR) is 106 cm³/mol. The maximum atomic E-state index is 12.2. The van der Waals surface area contributed by atoms with Crippen LogP contribution in [0.15, 0.2) is 48.5 Å². The molecule has 0 spiro atoms. The summed E-state index contributed by atoms with van der Waals surface area (Å²) in [5.74, 6) is -0.322. The minimum absolute atomic E-state index is 0.312. The van der Waals surface area contributed by atoms with E-state index in [4.69, 9.17) is 14.2 Å². The van der Waals surface area contributed by atoms with Crippen LogP contribution in [0, 0.1) is 0 Å². The fraction of sp³-hybridized carbons (Fsp3) is 0.286. The van der Waals surface area contributed by atoms with Crippen molar-refractivity contribution in [3.63, 3.8) is 0 Å². The molecule has 0 aliphatic rings. The minimum atomic E-state index is -0.708. The third-order valence-electron chi connectivity index (χ3n) is 4.11. The van der Waals surface area contributed by atoms with Gasteiger partial charge in [-0.15, -0.1) is 0 Å². The third kappa shape index (κ3) is 6.53. The fourth-order valence-electron chi connectivity index (χ4n) is 2.50. The number of rotatable bonds is 9. The van der Waals surface area contributed by atoms with Crippen molar-refractivity contribution in [3.05, 3.63) is 59.7 Å². The number of hydrogen-bond acceptors (Lipinski definition) is 6. The van der Waals surface area contributed by atoms with Crippen LogP contribution in [0.4, 0.5) is 0 Å². The molecule has 154 valence electrons. The Bertz CT molecular complexity index is 868. The molecule has 2 aromatic rings. The van der Waals surface area contributed by atoms with Gasteiger partial charge in [0.2, 0.25) is 0 Å². The lowest BCUT2D eigenvalue weighted by atomic mass is 10.2. The van der Waals surface area contributed by atoms with Crippen molar-refractivity contribution in [1.82, 2.24) is 10.2 Å². The first kappa shape index (κ1) is 21.7. The van der Waals surface area contributed by atoms with Crippen molar-refractivity contribution < 1.29 is 28.6 Å². The first-order valence-electron chi connectivity index (χ1n) is 8.88. The van der Waals surface area contributed by atoms with Crippen molar-refractivity contribution >= 4 is 17.8 Å². The van der Waals surface area contributed by atoms with Gasteiger partial charge in [0.25, 0.3) is 11.8 Å². The second-order valence-corrected chi connectivity index (χ2v) is 6.14. The molecule has 0 aromatic heterocycles. The first-order valence-corrected chi connectivity index (χ1v) is 8.88. The molecule has 0 aliphatic heterocycles. The van der Waals surface area contributed by atoms with Crippen molar-refractivity contribution in [2.24, 2.45) is 0 Å². The molecule has 0 saturated carbocycles. The van der Waals surface area contributed by atoms with Gasteiger partial charge in [0.05, 0.1) is 14.2 Å². The van der Waals surface area contributed by atoms with Gasteiger partial charge in [0, 0.05) is 24.7 Å². The number of nitrogens with one attached hydrogen (secondary N) is 1. The van der Waals surface area contributed by atoms with Crippen LogP contribution in [-0.4, -0.2) is 57.1 Å². The Kier molecular flexibility index (Phi) is 8.02. The summed E-state index contributed by atoms with van der Waals surface area (Å²) in [6.07, 6.45) is 0. The largest absolute Gasteiger partial charge is 0.497 e. The van der Waals surface area contributed by atoms with Gasteiger partial charge in [0.15, 0.2) is 6.61 Å². The Morgan fingerprint density at radius 3 is 2.48 bits per heavy atom. The molecule has 0 aliphatic carbocycles. The summed E-state index contributed by atoms with van der Waals surface area (Å²) in [5, 5.41) is 2.45. The number of methoxy groups -OCH3 is 2. The molecular formula is C21H24N2O6. The number of para-hydroxylation sites is 1. The summed E-state index contributed by atoms with van der Waals surface area (Å²) in [6.45, 7) is -0.452. The van der Waals surface area contributed by atoms with E-state index in [2.05, 4.69) is 5.32 Å². The lowest BCUT2D eigenvalue weighted by Gasteiger charge is -2.18. The Hall–Kier alpha value is -3.55. The summed E-state index contributed by atoms with van der Waals surface area (Å²) in [7, 11) is 4.66. The van der Waals surface area contributed by atoms with E-state index < -0.39 is 18.5 Å². The Balaban J connectivity index is 1.77. The smallest absolute Gasteiger partial charge is 0.325 e. The van der Waals surface area contributed by atoms with Crippen molar-refractivity contribution in [1.29, 1.82) is 0 Å². The number of hydrogen-bond donors (Lipinski definition) is 1. The second-order valence-electron chi connectivity index (χ2n) is 6.14. The Morgan fingerprint density at radius 1 is 1.00 bits per heavy atom. The van der Waals surface area contributed by atoms with Crippen LogP contribution in [0.25, 0.3) is 0 Å². The molecule has 2 aromatic carbocycles. The van der Waals surface area contributed by atoms with Gasteiger partial charge in [0.1, 0.15) is 18.0 Å². The molecule has 0 heterocycles. The average Bonchev–Trinajstić information content (AvgIpc) is 2.75. The monoisotopic (exact) mass is 400 g/mol. The van der Waals surface area contributed by atoms with Crippen LogP contribution < -0.4 is 14.8 Å². The fourth-order valence-corrected chi connectivity index (χ4v) is 2.50. The molecule has 8 heteroatoms. The summed E-state index contributed by atoms with van der Waals surface area (Å²) in [4.78, 5) is 37.5. The number of benzene rings is 2. The van der Waals surface area contributed by atoms with E-state index in [0.717, 1.165) is 5.56 Å². The van der Waals surface area contributed by atoms with E-state index in [0.29, 0.717) is 23.6 Å². The number of esters is 1. The quantitative estimate of drug-likeness (QED) is 0.643. The highest BCUT2D eigenvalue weighted by molar-refractivity contribution is 5.96. The normalized spacial score (nSPS) is 10.0. The third-order valence-corrected chi connectivity index (χ3v) is 4.11. The topological polar surface area (TPSA) is 94.2 Å². The molecule has 0 atom stereocenters. The number of likely N-dealkylation sites (N-methyl/N-ethyl adjacent to an activating group) is 1. The molecule has 0 saturated heterocycles. The van der Waals surface area contributed by atoms with E-state index in [1.54, 1.807) is 44.5 Å². The molecule has 0 fully saturated rings. The molecule has 8 nitrogen and oxygen atoms in total. The van der Waals surface area contributed by atoms with E-state index in [1.165, 1.54) is 12.0 Å². The SMILES string of the molecule is COc1cccc(C(=O)NCC(=O)OCC(=O)N(C)Cc2ccccc2OC)c1. The van der Waals surface area contributed by atoms with Crippen molar-refractivity contribution in [3.8, 4) is 11.5 Å². The van der Waals surface area contributed by atoms with E-state index >= 15 is 0 Å². The summed E-state index contributed by atoms with van der Waals surface area (Å²) in [5.41, 5.74) is 1.19. The first-order chi connectivity index (χ1) is 13.9. The number of amides is 2. The molecule has 0 radical (unpaired) electrons. The zero-order valence-electron chi connectivity index (χ0n) is 16.6. The highest BCUT2D eigenvalue weighted by atomic mass is 16.5. The van der Waals surface area contributed by atoms with Crippen molar-refractivity contribution in [2.75, 3.05) is 34.4 Å². The van der Waals surface area contributed by atoms with Crippen LogP contribution in [0.1, 0.15) is 15.9 Å². The summed E-state index contributed by atoms with van der Waals surface area (Å²) >= 11 is 0. The minimum Gasteiger partial charge on any atom is -0.497 e. The molecular weight excluding hydrogens is 376 g/mol. The average molecular weight is 400 g/mol. The van der Waals surface area contributed by atoms with E-state index in [-0.39, 0.29) is 12.5 Å². The van der Waals surface area contributed by atoms with E-state index in [1.807, 2.05) is 18.2 Å².